The van der Waals surface area contributed by atoms with E-state index in [0.717, 1.165) is 23.4 Å². The number of hydrogen-bond acceptors (Lipinski definition) is 5. The van der Waals surface area contributed by atoms with Crippen molar-refractivity contribution in [3.05, 3.63) is 40.7 Å². The molecule has 0 unspecified atom stereocenters. The van der Waals surface area contributed by atoms with Crippen LogP contribution in [0.15, 0.2) is 12.3 Å². The summed E-state index contributed by atoms with van der Waals surface area (Å²) >= 11 is 0. The fraction of sp³-hybridized carbons (Fsp3) is 0.500. The number of hydrogen-bond donors (Lipinski definition) is 1. The predicted molar refractivity (Wildman–Crippen MR) is 84.0 cm³/mol. The average Bonchev–Trinajstić information content (AvgIpc) is 3.04. The number of nitrogens with one attached hydrogen (secondary N) is 1. The Morgan fingerprint density at radius 2 is 2.17 bits per heavy atom. The Kier molecular flexibility index (Phi) is 4.12. The van der Waals surface area contributed by atoms with Gasteiger partial charge < -0.3 is 10.1 Å². The van der Waals surface area contributed by atoms with Crippen LogP contribution in [-0.4, -0.2) is 38.3 Å². The predicted octanol–water partition coefficient (Wildman–Crippen LogP) is 1.40. The van der Waals surface area contributed by atoms with Crippen molar-refractivity contribution in [2.24, 2.45) is 7.05 Å². The molecule has 3 rings (SSSR count). The topological polar surface area (TPSA) is 81.9 Å². The molecule has 3 heterocycles. The molecule has 0 aliphatic carbocycles. The molecule has 1 aliphatic rings. The second-order valence-electron chi connectivity index (χ2n) is 5.86. The van der Waals surface area contributed by atoms with Crippen molar-refractivity contribution in [1.29, 1.82) is 0 Å². The number of carbonyl (C=O) groups is 1. The summed E-state index contributed by atoms with van der Waals surface area (Å²) in [6, 6.07) is 1.53. The zero-order valence-electron chi connectivity index (χ0n) is 13.8. The van der Waals surface area contributed by atoms with Gasteiger partial charge in [0.1, 0.15) is 17.6 Å². The van der Waals surface area contributed by atoms with E-state index in [0.29, 0.717) is 18.1 Å². The van der Waals surface area contributed by atoms with Crippen molar-refractivity contribution in [3.8, 4) is 0 Å². The SMILES string of the molecule is Cc1nccc(C(=O)N[C@H]2CCO[C@@H]2c2c(C)nn(C)c2C)n1. The van der Waals surface area contributed by atoms with Gasteiger partial charge in [0.2, 0.25) is 0 Å². The summed E-state index contributed by atoms with van der Waals surface area (Å²) in [5.74, 6) is 0.381. The highest BCUT2D eigenvalue weighted by atomic mass is 16.5. The minimum atomic E-state index is -0.199. The molecule has 1 fully saturated rings. The molecule has 2 aromatic rings. The maximum Gasteiger partial charge on any atom is 0.270 e. The lowest BCUT2D eigenvalue weighted by atomic mass is 10.00. The number of aryl methyl sites for hydroxylation is 3. The van der Waals surface area contributed by atoms with Gasteiger partial charge in [-0.2, -0.15) is 5.10 Å². The summed E-state index contributed by atoms with van der Waals surface area (Å²) < 4.78 is 7.73. The van der Waals surface area contributed by atoms with Crippen LogP contribution in [0.4, 0.5) is 0 Å². The van der Waals surface area contributed by atoms with Gasteiger partial charge in [0.15, 0.2) is 0 Å². The van der Waals surface area contributed by atoms with E-state index in [1.165, 1.54) is 0 Å². The Morgan fingerprint density at radius 1 is 1.39 bits per heavy atom. The third-order valence-electron chi connectivity index (χ3n) is 4.27. The largest absolute Gasteiger partial charge is 0.371 e. The molecule has 7 heteroatoms. The quantitative estimate of drug-likeness (QED) is 0.925. The van der Waals surface area contributed by atoms with Crippen LogP contribution in [0.3, 0.4) is 0 Å². The second-order valence-corrected chi connectivity index (χ2v) is 5.86. The Morgan fingerprint density at radius 3 is 2.83 bits per heavy atom. The minimum Gasteiger partial charge on any atom is -0.371 e. The van der Waals surface area contributed by atoms with E-state index in [1.54, 1.807) is 19.2 Å². The maximum atomic E-state index is 12.4. The third-order valence-corrected chi connectivity index (χ3v) is 4.27. The van der Waals surface area contributed by atoms with Gasteiger partial charge in [-0.25, -0.2) is 9.97 Å². The van der Waals surface area contributed by atoms with E-state index in [1.807, 2.05) is 25.6 Å². The lowest BCUT2D eigenvalue weighted by Gasteiger charge is -2.20. The second kappa shape index (κ2) is 6.08. The molecule has 23 heavy (non-hydrogen) atoms. The van der Waals surface area contributed by atoms with E-state index < -0.39 is 0 Å². The van der Waals surface area contributed by atoms with Gasteiger partial charge in [0.25, 0.3) is 5.91 Å². The zero-order valence-corrected chi connectivity index (χ0v) is 13.8. The van der Waals surface area contributed by atoms with Gasteiger partial charge in [-0.05, 0) is 33.3 Å². The van der Waals surface area contributed by atoms with Gasteiger partial charge in [-0.3, -0.25) is 9.48 Å². The van der Waals surface area contributed by atoms with Crippen LogP contribution in [0.2, 0.25) is 0 Å². The molecule has 1 N–H and O–H groups in total. The summed E-state index contributed by atoms with van der Waals surface area (Å²) in [5, 5.41) is 7.49. The van der Waals surface area contributed by atoms with Crippen molar-refractivity contribution in [2.75, 3.05) is 6.61 Å². The van der Waals surface area contributed by atoms with E-state index in [-0.39, 0.29) is 18.1 Å². The minimum absolute atomic E-state index is 0.0839. The zero-order chi connectivity index (χ0) is 16.6. The maximum absolute atomic E-state index is 12.4. The first kappa shape index (κ1) is 15.6. The lowest BCUT2D eigenvalue weighted by Crippen LogP contribution is -2.37. The Labute approximate surface area is 135 Å². The molecule has 1 aliphatic heterocycles. The fourth-order valence-corrected chi connectivity index (χ4v) is 3.05. The molecule has 0 aromatic carbocycles. The molecular formula is C16H21N5O2. The summed E-state index contributed by atoms with van der Waals surface area (Å²) in [5.41, 5.74) is 3.44. The van der Waals surface area contributed by atoms with Crippen LogP contribution in [0.5, 0.6) is 0 Å². The summed E-state index contributed by atoms with van der Waals surface area (Å²) in [6.07, 6.45) is 2.19. The van der Waals surface area contributed by atoms with Crippen LogP contribution < -0.4 is 5.32 Å². The van der Waals surface area contributed by atoms with Crippen LogP contribution in [-0.2, 0) is 11.8 Å². The molecule has 122 valence electrons. The smallest absolute Gasteiger partial charge is 0.270 e. The molecule has 2 aromatic heterocycles. The monoisotopic (exact) mass is 315 g/mol. The van der Waals surface area contributed by atoms with Gasteiger partial charge in [0, 0.05) is 31.1 Å². The molecule has 0 saturated carbocycles. The van der Waals surface area contributed by atoms with E-state index in [4.69, 9.17) is 4.74 Å². The number of ether oxygens (including phenoxy) is 1. The molecule has 1 amide bonds. The van der Waals surface area contributed by atoms with Crippen molar-refractivity contribution in [2.45, 2.75) is 39.3 Å². The highest BCUT2D eigenvalue weighted by molar-refractivity contribution is 5.92. The number of nitrogens with zero attached hydrogens (tertiary/aromatic N) is 4. The van der Waals surface area contributed by atoms with E-state index in [2.05, 4.69) is 20.4 Å². The molecule has 7 nitrogen and oxygen atoms in total. The molecule has 0 bridgehead atoms. The molecular weight excluding hydrogens is 294 g/mol. The van der Waals surface area contributed by atoms with Crippen LogP contribution in [0.1, 0.15) is 45.8 Å². The average molecular weight is 315 g/mol. The van der Waals surface area contributed by atoms with Crippen molar-refractivity contribution in [1.82, 2.24) is 25.1 Å². The van der Waals surface area contributed by atoms with Crippen molar-refractivity contribution in [3.63, 3.8) is 0 Å². The van der Waals surface area contributed by atoms with Gasteiger partial charge in [-0.15, -0.1) is 0 Å². The number of rotatable bonds is 3. The third kappa shape index (κ3) is 2.96. The van der Waals surface area contributed by atoms with Crippen LogP contribution in [0.25, 0.3) is 0 Å². The first-order valence-electron chi connectivity index (χ1n) is 7.69. The fourth-order valence-electron chi connectivity index (χ4n) is 3.05. The first-order valence-corrected chi connectivity index (χ1v) is 7.69. The molecule has 2 atom stereocenters. The van der Waals surface area contributed by atoms with Gasteiger partial charge in [-0.1, -0.05) is 0 Å². The lowest BCUT2D eigenvalue weighted by molar-refractivity contribution is 0.0813. The summed E-state index contributed by atoms with van der Waals surface area (Å²) in [7, 11) is 1.91. The normalized spacial score (nSPS) is 20.7. The van der Waals surface area contributed by atoms with Crippen molar-refractivity contribution >= 4 is 5.91 Å². The standard InChI is InChI=1S/C16H21N5O2/c1-9-14(10(2)21(4)20-9)15-12(6-8-23-15)19-16(22)13-5-7-17-11(3)18-13/h5,7,12,15H,6,8H2,1-4H3,(H,19,22)/t12-,15-/m0/s1. The summed E-state index contributed by atoms with van der Waals surface area (Å²) in [4.78, 5) is 20.6. The van der Waals surface area contributed by atoms with Crippen molar-refractivity contribution < 1.29 is 9.53 Å². The number of amides is 1. The Balaban J connectivity index is 1.81. The first-order chi connectivity index (χ1) is 11.0. The van der Waals surface area contributed by atoms with E-state index >= 15 is 0 Å². The Hall–Kier alpha value is -2.28. The molecule has 0 radical (unpaired) electrons. The van der Waals surface area contributed by atoms with Gasteiger partial charge in [0.05, 0.1) is 11.7 Å². The van der Waals surface area contributed by atoms with E-state index in [9.17, 15) is 4.79 Å². The Bertz CT molecular complexity index is 740. The number of aromatic nitrogens is 4. The van der Waals surface area contributed by atoms with Crippen LogP contribution >= 0.6 is 0 Å². The molecule has 1 saturated heterocycles. The highest BCUT2D eigenvalue weighted by Gasteiger charge is 2.34. The molecule has 0 spiro atoms. The highest BCUT2D eigenvalue weighted by Crippen LogP contribution is 2.33. The summed E-state index contributed by atoms with van der Waals surface area (Å²) in [6.45, 7) is 6.37. The number of carbonyl (C=O) groups excluding carboxylic acids is 1. The van der Waals surface area contributed by atoms with Gasteiger partial charge >= 0.3 is 0 Å². The van der Waals surface area contributed by atoms with Crippen LogP contribution in [0, 0.1) is 20.8 Å².